The van der Waals surface area contributed by atoms with Crippen molar-refractivity contribution in [3.05, 3.63) is 5.82 Å². The minimum Gasteiger partial charge on any atom is -0.347 e. The number of nitrogens with zero attached hydrogens (tertiary/aromatic N) is 5. The molecule has 0 atom stereocenters. The van der Waals surface area contributed by atoms with Gasteiger partial charge in [0.15, 0.2) is 0 Å². The van der Waals surface area contributed by atoms with Gasteiger partial charge in [0.1, 0.15) is 5.82 Å². The van der Waals surface area contributed by atoms with Crippen LogP contribution in [-0.2, 0) is 4.79 Å². The number of anilines is 1. The summed E-state index contributed by atoms with van der Waals surface area (Å²) < 4.78 is 4.26. The van der Waals surface area contributed by atoms with Crippen molar-refractivity contribution >= 4 is 22.6 Å². The average molecular weight is 337 g/mol. The van der Waals surface area contributed by atoms with E-state index in [9.17, 15) is 4.79 Å². The minimum atomic E-state index is 0.353. The first-order chi connectivity index (χ1) is 11.2. The fourth-order valence-corrected chi connectivity index (χ4v) is 4.16. The van der Waals surface area contributed by atoms with Crippen molar-refractivity contribution in [3.8, 4) is 0 Å². The Morgan fingerprint density at radius 3 is 2.43 bits per heavy atom. The predicted octanol–water partition coefficient (Wildman–Crippen LogP) is 1.62. The van der Waals surface area contributed by atoms with Crippen LogP contribution in [0.3, 0.4) is 0 Å². The second-order valence-electron chi connectivity index (χ2n) is 6.57. The summed E-state index contributed by atoms with van der Waals surface area (Å²) in [6.45, 7) is 11.0. The Kier molecular flexibility index (Phi) is 5.48. The van der Waals surface area contributed by atoms with Crippen LogP contribution in [0.25, 0.3) is 0 Å². The fourth-order valence-electron chi connectivity index (χ4n) is 3.43. The largest absolute Gasteiger partial charge is 0.347 e. The molecule has 1 aromatic rings. The first-order valence-corrected chi connectivity index (χ1v) is 9.48. The second-order valence-corrected chi connectivity index (χ2v) is 7.30. The molecule has 1 amide bonds. The van der Waals surface area contributed by atoms with Crippen LogP contribution in [0.2, 0.25) is 0 Å². The number of carbonyl (C=O) groups excluding carboxylic acids is 1. The van der Waals surface area contributed by atoms with Gasteiger partial charge in [-0.3, -0.25) is 4.79 Å². The number of aromatic nitrogens is 2. The third-order valence-electron chi connectivity index (χ3n) is 5.04. The zero-order valence-corrected chi connectivity index (χ0v) is 15.0. The monoisotopic (exact) mass is 337 g/mol. The van der Waals surface area contributed by atoms with Crippen molar-refractivity contribution in [1.29, 1.82) is 0 Å². The van der Waals surface area contributed by atoms with Crippen LogP contribution in [-0.4, -0.2) is 70.9 Å². The van der Waals surface area contributed by atoms with E-state index in [4.69, 9.17) is 0 Å². The van der Waals surface area contributed by atoms with E-state index in [2.05, 4.69) is 31.0 Å². The molecular formula is C16H27N5OS. The van der Waals surface area contributed by atoms with Crippen LogP contribution in [0.5, 0.6) is 0 Å². The minimum absolute atomic E-state index is 0.353. The summed E-state index contributed by atoms with van der Waals surface area (Å²) >= 11 is 1.48. The van der Waals surface area contributed by atoms with Crippen molar-refractivity contribution in [2.75, 3.05) is 50.7 Å². The lowest BCUT2D eigenvalue weighted by molar-refractivity contribution is -0.134. The smallest absolute Gasteiger partial charge is 0.222 e. The molecule has 7 heteroatoms. The van der Waals surface area contributed by atoms with E-state index in [1.807, 2.05) is 6.92 Å². The summed E-state index contributed by atoms with van der Waals surface area (Å²) in [6.07, 6.45) is 2.88. The lowest BCUT2D eigenvalue weighted by Gasteiger charge is -2.36. The molecule has 0 aromatic carbocycles. The Labute approximate surface area is 142 Å². The Balaban J connectivity index is 1.43. The average Bonchev–Trinajstić information content (AvgIpc) is 3.02. The highest BCUT2D eigenvalue weighted by Gasteiger charge is 2.26. The number of rotatable bonds is 4. The van der Waals surface area contributed by atoms with E-state index >= 15 is 0 Å². The number of piperidine rings is 1. The van der Waals surface area contributed by atoms with E-state index in [0.29, 0.717) is 11.8 Å². The second kappa shape index (κ2) is 7.57. The summed E-state index contributed by atoms with van der Waals surface area (Å²) in [7, 11) is 0. The lowest BCUT2D eigenvalue weighted by atomic mass is 9.93. The Hall–Kier alpha value is -1.21. The molecule has 2 saturated heterocycles. The third kappa shape index (κ3) is 4.20. The Morgan fingerprint density at radius 2 is 1.87 bits per heavy atom. The van der Waals surface area contributed by atoms with Crippen molar-refractivity contribution in [2.24, 2.45) is 5.92 Å². The van der Waals surface area contributed by atoms with Gasteiger partial charge in [0.2, 0.25) is 11.0 Å². The molecule has 0 radical (unpaired) electrons. The van der Waals surface area contributed by atoms with Crippen LogP contribution < -0.4 is 4.90 Å². The molecule has 23 heavy (non-hydrogen) atoms. The van der Waals surface area contributed by atoms with Gasteiger partial charge in [-0.15, -0.1) is 0 Å². The van der Waals surface area contributed by atoms with Gasteiger partial charge in [-0.05, 0) is 32.2 Å². The van der Waals surface area contributed by atoms with Crippen molar-refractivity contribution < 1.29 is 4.79 Å². The van der Waals surface area contributed by atoms with Crippen LogP contribution >= 0.6 is 11.5 Å². The number of amides is 1. The van der Waals surface area contributed by atoms with E-state index in [1.54, 1.807) is 0 Å². The number of carbonyl (C=O) groups is 1. The molecule has 128 valence electrons. The molecule has 2 aliphatic heterocycles. The molecule has 0 saturated carbocycles. The third-order valence-corrected chi connectivity index (χ3v) is 5.91. The molecule has 2 fully saturated rings. The number of likely N-dealkylation sites (N-methyl/N-ethyl adjacent to an activating group) is 1. The molecular weight excluding hydrogens is 310 g/mol. The molecule has 0 aliphatic carbocycles. The van der Waals surface area contributed by atoms with Crippen LogP contribution in [0.4, 0.5) is 5.13 Å². The van der Waals surface area contributed by atoms with Crippen LogP contribution in [0.1, 0.15) is 32.0 Å². The normalized spacial score (nSPS) is 21.0. The molecule has 0 unspecified atom stereocenters. The van der Waals surface area contributed by atoms with Crippen molar-refractivity contribution in [1.82, 2.24) is 19.2 Å². The van der Waals surface area contributed by atoms with Gasteiger partial charge in [-0.25, -0.2) is 4.98 Å². The number of hydrogen-bond donors (Lipinski definition) is 0. The molecule has 0 bridgehead atoms. The molecule has 1 aromatic heterocycles. The Bertz CT molecular complexity index is 518. The number of piperazine rings is 1. The van der Waals surface area contributed by atoms with Crippen molar-refractivity contribution in [2.45, 2.75) is 33.1 Å². The van der Waals surface area contributed by atoms with E-state index < -0.39 is 0 Å². The molecule has 0 N–H and O–H groups in total. The van der Waals surface area contributed by atoms with Gasteiger partial charge in [-0.1, -0.05) is 6.92 Å². The highest BCUT2D eigenvalue weighted by molar-refractivity contribution is 7.09. The zero-order valence-electron chi connectivity index (χ0n) is 14.2. The molecule has 2 aliphatic rings. The molecule has 3 heterocycles. The van der Waals surface area contributed by atoms with Crippen LogP contribution in [0.15, 0.2) is 0 Å². The highest BCUT2D eigenvalue weighted by atomic mass is 32.1. The maximum atomic E-state index is 12.5. The highest BCUT2D eigenvalue weighted by Crippen LogP contribution is 2.26. The predicted molar refractivity (Wildman–Crippen MR) is 92.9 cm³/mol. The first-order valence-electron chi connectivity index (χ1n) is 8.71. The summed E-state index contributed by atoms with van der Waals surface area (Å²) in [5.41, 5.74) is 0. The molecule has 6 nitrogen and oxygen atoms in total. The van der Waals surface area contributed by atoms with Gasteiger partial charge in [-0.2, -0.15) is 4.37 Å². The number of hydrogen-bond acceptors (Lipinski definition) is 6. The topological polar surface area (TPSA) is 52.6 Å². The Morgan fingerprint density at radius 1 is 1.17 bits per heavy atom. The molecule has 3 rings (SSSR count). The standard InChI is InChI=1S/C16H27N5OS/c1-3-19-8-10-20(11-9-19)15(22)12-14-4-6-21(7-5-14)16-17-13(2)18-23-16/h14H,3-12H2,1-2H3. The van der Waals surface area contributed by atoms with Crippen LogP contribution in [0, 0.1) is 12.8 Å². The van der Waals surface area contributed by atoms with Gasteiger partial charge >= 0.3 is 0 Å². The molecule has 0 spiro atoms. The summed E-state index contributed by atoms with van der Waals surface area (Å²) in [5.74, 6) is 1.73. The SMILES string of the molecule is CCN1CCN(C(=O)CC2CCN(c3nc(C)ns3)CC2)CC1. The maximum absolute atomic E-state index is 12.5. The van der Waals surface area contributed by atoms with E-state index in [0.717, 1.165) is 76.0 Å². The summed E-state index contributed by atoms with van der Waals surface area (Å²) in [6, 6.07) is 0. The van der Waals surface area contributed by atoms with Crippen molar-refractivity contribution in [3.63, 3.8) is 0 Å². The number of aryl methyl sites for hydroxylation is 1. The van der Waals surface area contributed by atoms with Gasteiger partial charge in [0.05, 0.1) is 0 Å². The lowest BCUT2D eigenvalue weighted by Crippen LogP contribution is -2.49. The van der Waals surface area contributed by atoms with Gasteiger partial charge in [0.25, 0.3) is 0 Å². The fraction of sp³-hybridized carbons (Fsp3) is 0.812. The first kappa shape index (κ1) is 16.6. The summed E-state index contributed by atoms with van der Waals surface area (Å²) in [4.78, 5) is 23.7. The van der Waals surface area contributed by atoms with E-state index in [-0.39, 0.29) is 0 Å². The van der Waals surface area contributed by atoms with Gasteiger partial charge in [0, 0.05) is 57.2 Å². The van der Waals surface area contributed by atoms with E-state index in [1.165, 1.54) is 11.5 Å². The zero-order chi connectivity index (χ0) is 16.2. The van der Waals surface area contributed by atoms with Gasteiger partial charge < -0.3 is 14.7 Å². The quantitative estimate of drug-likeness (QED) is 0.836. The summed E-state index contributed by atoms with van der Waals surface area (Å²) in [5, 5.41) is 1.03. The maximum Gasteiger partial charge on any atom is 0.222 e.